The van der Waals surface area contributed by atoms with Gasteiger partial charge in [0.15, 0.2) is 5.82 Å². The van der Waals surface area contributed by atoms with Gasteiger partial charge in [-0.3, -0.25) is 0 Å². The predicted molar refractivity (Wildman–Crippen MR) is 81.0 cm³/mol. The van der Waals surface area contributed by atoms with Crippen molar-refractivity contribution in [2.75, 3.05) is 13.7 Å². The van der Waals surface area contributed by atoms with Crippen LogP contribution in [-0.2, 0) is 6.42 Å². The Labute approximate surface area is 124 Å². The number of aryl methyl sites for hydroxylation is 2. The van der Waals surface area contributed by atoms with E-state index >= 15 is 0 Å². The second-order valence-electron chi connectivity index (χ2n) is 5.19. The van der Waals surface area contributed by atoms with E-state index in [-0.39, 0.29) is 0 Å². The molecule has 2 heterocycles. The van der Waals surface area contributed by atoms with E-state index < -0.39 is 0 Å². The summed E-state index contributed by atoms with van der Waals surface area (Å²) in [6.45, 7) is 6.77. The number of nitrogens with two attached hydrogens (primary N) is 1. The summed E-state index contributed by atoms with van der Waals surface area (Å²) in [6.07, 6.45) is 2.34. The van der Waals surface area contributed by atoms with Gasteiger partial charge in [0.05, 0.1) is 7.11 Å². The molecule has 1 unspecified atom stereocenters. The molecule has 0 amide bonds. The number of methoxy groups -OCH3 is 1. The largest absolute Gasteiger partial charge is 0.481 e. The topological polar surface area (TPSA) is 86.8 Å². The minimum atomic E-state index is 0.413. The van der Waals surface area contributed by atoms with Crippen molar-refractivity contribution in [3.63, 3.8) is 0 Å². The zero-order chi connectivity index (χ0) is 15.4. The molecule has 6 nitrogen and oxygen atoms in total. The predicted octanol–water partition coefficient (Wildman–Crippen LogP) is 1.70. The zero-order valence-electron chi connectivity index (χ0n) is 12.9. The van der Waals surface area contributed by atoms with Gasteiger partial charge in [-0.15, -0.1) is 0 Å². The summed E-state index contributed by atoms with van der Waals surface area (Å²) in [5.74, 6) is 1.51. The maximum atomic E-state index is 5.70. The monoisotopic (exact) mass is 287 g/mol. The van der Waals surface area contributed by atoms with Gasteiger partial charge in [0.25, 0.3) is 0 Å². The molecule has 112 valence electrons. The fraction of sp³-hybridized carbons (Fsp3) is 0.467. The molecular formula is C15H21N5O. The van der Waals surface area contributed by atoms with Gasteiger partial charge in [-0.2, -0.15) is 0 Å². The molecule has 0 aliphatic heterocycles. The SMILES string of the molecule is COc1cc(-c2nc(C)c(CC(C)CN)c(C)n2)ncn1. The Morgan fingerprint density at radius 1 is 1.19 bits per heavy atom. The molecule has 21 heavy (non-hydrogen) atoms. The van der Waals surface area contributed by atoms with Crippen LogP contribution in [0.3, 0.4) is 0 Å². The standard InChI is InChI=1S/C15H21N5O/c1-9(7-16)5-12-10(2)19-15(20-11(12)3)13-6-14(21-4)18-8-17-13/h6,8-9H,5,7,16H2,1-4H3. The minimum Gasteiger partial charge on any atom is -0.481 e. The maximum absolute atomic E-state index is 5.70. The van der Waals surface area contributed by atoms with Gasteiger partial charge in [0.1, 0.15) is 12.0 Å². The van der Waals surface area contributed by atoms with Crippen molar-refractivity contribution in [2.24, 2.45) is 11.7 Å². The van der Waals surface area contributed by atoms with Crippen LogP contribution in [0.15, 0.2) is 12.4 Å². The first-order chi connectivity index (χ1) is 10.0. The lowest BCUT2D eigenvalue weighted by Gasteiger charge is -2.14. The normalized spacial score (nSPS) is 12.2. The van der Waals surface area contributed by atoms with Crippen LogP contribution in [0.5, 0.6) is 5.88 Å². The van der Waals surface area contributed by atoms with Crippen molar-refractivity contribution < 1.29 is 4.74 Å². The molecule has 0 saturated heterocycles. The van der Waals surface area contributed by atoms with Crippen molar-refractivity contribution in [1.82, 2.24) is 19.9 Å². The third-order valence-electron chi connectivity index (χ3n) is 3.46. The summed E-state index contributed by atoms with van der Waals surface area (Å²) in [4.78, 5) is 17.3. The van der Waals surface area contributed by atoms with Crippen molar-refractivity contribution in [3.8, 4) is 17.4 Å². The second-order valence-corrected chi connectivity index (χ2v) is 5.19. The number of hydrogen-bond acceptors (Lipinski definition) is 6. The Kier molecular flexibility index (Phi) is 4.80. The highest BCUT2D eigenvalue weighted by molar-refractivity contribution is 5.51. The molecule has 1 atom stereocenters. The van der Waals surface area contributed by atoms with E-state index in [2.05, 4.69) is 26.9 Å². The lowest BCUT2D eigenvalue weighted by molar-refractivity contribution is 0.397. The van der Waals surface area contributed by atoms with E-state index in [1.807, 2.05) is 13.8 Å². The lowest BCUT2D eigenvalue weighted by atomic mass is 9.99. The summed E-state index contributed by atoms with van der Waals surface area (Å²) in [5, 5.41) is 0. The van der Waals surface area contributed by atoms with Gasteiger partial charge in [-0.1, -0.05) is 6.92 Å². The van der Waals surface area contributed by atoms with Gasteiger partial charge in [-0.05, 0) is 38.3 Å². The molecule has 0 aliphatic carbocycles. The van der Waals surface area contributed by atoms with Crippen molar-refractivity contribution in [2.45, 2.75) is 27.2 Å². The fourth-order valence-corrected chi connectivity index (χ4v) is 2.15. The van der Waals surface area contributed by atoms with Crippen LogP contribution >= 0.6 is 0 Å². The average Bonchev–Trinajstić information content (AvgIpc) is 2.50. The summed E-state index contributed by atoms with van der Waals surface area (Å²) in [6, 6.07) is 1.73. The van der Waals surface area contributed by atoms with Crippen molar-refractivity contribution in [3.05, 3.63) is 29.3 Å². The third kappa shape index (κ3) is 3.52. The molecule has 2 aromatic heterocycles. The van der Waals surface area contributed by atoms with Crippen LogP contribution in [0.25, 0.3) is 11.5 Å². The van der Waals surface area contributed by atoms with Crippen molar-refractivity contribution in [1.29, 1.82) is 0 Å². The quantitative estimate of drug-likeness (QED) is 0.900. The molecule has 0 aliphatic rings. The molecule has 0 fully saturated rings. The molecule has 0 aromatic carbocycles. The first-order valence-electron chi connectivity index (χ1n) is 6.95. The van der Waals surface area contributed by atoms with Crippen molar-refractivity contribution >= 4 is 0 Å². The van der Waals surface area contributed by atoms with E-state index in [9.17, 15) is 0 Å². The Hall–Kier alpha value is -2.08. The van der Waals surface area contributed by atoms with E-state index in [4.69, 9.17) is 10.5 Å². The Balaban J connectivity index is 2.39. The van der Waals surface area contributed by atoms with Crippen LogP contribution < -0.4 is 10.5 Å². The van der Waals surface area contributed by atoms with Crippen LogP contribution in [0, 0.1) is 19.8 Å². The van der Waals surface area contributed by atoms with Gasteiger partial charge in [0, 0.05) is 17.5 Å². The molecule has 2 N–H and O–H groups in total. The summed E-state index contributed by atoms with van der Waals surface area (Å²) >= 11 is 0. The lowest BCUT2D eigenvalue weighted by Crippen LogP contribution is -2.15. The van der Waals surface area contributed by atoms with Gasteiger partial charge < -0.3 is 10.5 Å². The Bertz CT molecular complexity index is 606. The molecule has 0 saturated carbocycles. The summed E-state index contributed by atoms with van der Waals surface area (Å²) in [5.41, 5.74) is 9.46. The second kappa shape index (κ2) is 6.58. The highest BCUT2D eigenvalue weighted by Gasteiger charge is 2.13. The summed E-state index contributed by atoms with van der Waals surface area (Å²) < 4.78 is 5.11. The first kappa shape index (κ1) is 15.3. The average molecular weight is 287 g/mol. The Morgan fingerprint density at radius 2 is 1.86 bits per heavy atom. The maximum Gasteiger partial charge on any atom is 0.216 e. The minimum absolute atomic E-state index is 0.413. The first-order valence-corrected chi connectivity index (χ1v) is 6.95. The highest BCUT2D eigenvalue weighted by Crippen LogP contribution is 2.21. The van der Waals surface area contributed by atoms with Gasteiger partial charge in [-0.25, -0.2) is 19.9 Å². The zero-order valence-corrected chi connectivity index (χ0v) is 12.9. The van der Waals surface area contributed by atoms with Crippen LogP contribution in [0.1, 0.15) is 23.9 Å². The molecule has 0 spiro atoms. The smallest absolute Gasteiger partial charge is 0.216 e. The van der Waals surface area contributed by atoms with Crippen LogP contribution in [0.4, 0.5) is 0 Å². The molecule has 0 radical (unpaired) electrons. The number of ether oxygens (including phenoxy) is 1. The molecule has 0 bridgehead atoms. The number of nitrogens with zero attached hydrogens (tertiary/aromatic N) is 4. The third-order valence-corrected chi connectivity index (χ3v) is 3.46. The molecule has 2 aromatic rings. The van der Waals surface area contributed by atoms with Gasteiger partial charge in [0.2, 0.25) is 5.88 Å². The van der Waals surface area contributed by atoms with E-state index in [1.54, 1.807) is 13.2 Å². The molecular weight excluding hydrogens is 266 g/mol. The number of hydrogen-bond donors (Lipinski definition) is 1. The molecule has 6 heteroatoms. The van der Waals surface area contributed by atoms with E-state index in [1.165, 1.54) is 6.33 Å². The highest BCUT2D eigenvalue weighted by atomic mass is 16.5. The number of aromatic nitrogens is 4. The molecule has 2 rings (SSSR count). The Morgan fingerprint density at radius 3 is 2.43 bits per heavy atom. The van der Waals surface area contributed by atoms with Crippen LogP contribution in [0.2, 0.25) is 0 Å². The number of rotatable bonds is 5. The van der Waals surface area contributed by atoms with E-state index in [0.717, 1.165) is 23.4 Å². The van der Waals surface area contributed by atoms with Gasteiger partial charge >= 0.3 is 0 Å². The summed E-state index contributed by atoms with van der Waals surface area (Å²) in [7, 11) is 1.57. The van der Waals surface area contributed by atoms with Crippen LogP contribution in [-0.4, -0.2) is 33.6 Å². The van der Waals surface area contributed by atoms with E-state index in [0.29, 0.717) is 29.9 Å². The fourth-order valence-electron chi connectivity index (χ4n) is 2.15.